The van der Waals surface area contributed by atoms with Crippen LogP contribution in [-0.4, -0.2) is 69.1 Å². The molecule has 1 aliphatic carbocycles. The van der Waals surface area contributed by atoms with Crippen LogP contribution in [0.5, 0.6) is 11.5 Å². The molecule has 1 aromatic carbocycles. The van der Waals surface area contributed by atoms with Gasteiger partial charge in [0.1, 0.15) is 5.69 Å². The van der Waals surface area contributed by atoms with Crippen LogP contribution in [0.4, 0.5) is 20.3 Å². The number of carbonyl (C=O) groups is 1. The number of aromatic nitrogens is 1. The monoisotopic (exact) mass is 542 g/mol. The summed E-state index contributed by atoms with van der Waals surface area (Å²) in [4.78, 5) is 25.2. The number of pyridine rings is 1. The van der Waals surface area contributed by atoms with Crippen molar-refractivity contribution in [3.05, 3.63) is 42.0 Å². The first-order valence-electron chi connectivity index (χ1n) is 12.5. The standard InChI is InChI=1S/C27H32F2N6O4/c1-6-21(36)32-16-9-10-39-13-18(16)34-27(30-3)35-25-14(2)11-17(33-26(25)31-15-7-8-15)22-23(28)19(37-4)12-20(38-5)24(22)29/h6,11-12,15-16,18H,1,3,7-10,13H2,2,4-5H3,(H,31,33)(H,32,36)(H,34,35)/t16-,18+/m0/s1. The predicted molar refractivity (Wildman–Crippen MR) is 145 cm³/mol. The fourth-order valence-electron chi connectivity index (χ4n) is 4.25. The normalized spacial score (nSPS) is 19.2. The number of hydrogen-bond donors (Lipinski definition) is 3. The van der Waals surface area contributed by atoms with Crippen LogP contribution in [0.2, 0.25) is 0 Å². The Labute approximate surface area is 225 Å². The molecule has 3 N–H and O–H groups in total. The number of nitrogens with zero attached hydrogens (tertiary/aromatic N) is 3. The van der Waals surface area contributed by atoms with Crippen LogP contribution in [0.15, 0.2) is 34.8 Å². The van der Waals surface area contributed by atoms with Gasteiger partial charge in [0.05, 0.1) is 44.2 Å². The third-order valence-corrected chi connectivity index (χ3v) is 6.48. The summed E-state index contributed by atoms with van der Waals surface area (Å²) in [7, 11) is 2.58. The zero-order valence-electron chi connectivity index (χ0n) is 22.1. The van der Waals surface area contributed by atoms with E-state index in [4.69, 9.17) is 14.2 Å². The number of aliphatic imine (C=N–C) groups is 2. The molecule has 2 atom stereocenters. The van der Waals surface area contributed by atoms with Crippen LogP contribution >= 0.6 is 0 Å². The summed E-state index contributed by atoms with van der Waals surface area (Å²) >= 11 is 0. The van der Waals surface area contributed by atoms with Gasteiger partial charge >= 0.3 is 0 Å². The lowest BCUT2D eigenvalue weighted by atomic mass is 10.0. The molecule has 0 spiro atoms. The highest BCUT2D eigenvalue weighted by molar-refractivity contribution is 5.90. The predicted octanol–water partition coefficient (Wildman–Crippen LogP) is 3.66. The molecule has 39 heavy (non-hydrogen) atoms. The number of methoxy groups -OCH3 is 2. The van der Waals surface area contributed by atoms with E-state index in [-0.39, 0.29) is 52.7 Å². The average molecular weight is 543 g/mol. The van der Waals surface area contributed by atoms with Crippen molar-refractivity contribution in [2.45, 2.75) is 44.3 Å². The van der Waals surface area contributed by atoms with Crippen molar-refractivity contribution in [2.24, 2.45) is 9.98 Å². The van der Waals surface area contributed by atoms with Gasteiger partial charge in [-0.15, -0.1) is 0 Å². The summed E-state index contributed by atoms with van der Waals surface area (Å²) in [5, 5.41) is 9.38. The Morgan fingerprint density at radius 1 is 1.13 bits per heavy atom. The van der Waals surface area contributed by atoms with Crippen LogP contribution in [0.1, 0.15) is 24.8 Å². The van der Waals surface area contributed by atoms with Gasteiger partial charge in [0.25, 0.3) is 0 Å². The van der Waals surface area contributed by atoms with Gasteiger partial charge in [-0.2, -0.15) is 0 Å². The van der Waals surface area contributed by atoms with E-state index >= 15 is 8.78 Å². The highest BCUT2D eigenvalue weighted by Gasteiger charge is 2.29. The lowest BCUT2D eigenvalue weighted by Gasteiger charge is -2.32. The number of nitrogens with one attached hydrogen (secondary N) is 3. The molecular formula is C27H32F2N6O4. The minimum absolute atomic E-state index is 0.0516. The molecule has 1 aromatic heterocycles. The van der Waals surface area contributed by atoms with Crippen LogP contribution in [0, 0.1) is 18.6 Å². The first kappa shape index (κ1) is 28.0. The number of anilines is 1. The van der Waals surface area contributed by atoms with Crippen LogP contribution < -0.4 is 25.4 Å². The molecule has 4 rings (SSSR count). The molecule has 2 aromatic rings. The van der Waals surface area contributed by atoms with Gasteiger partial charge in [-0.05, 0) is 50.6 Å². The molecule has 10 nitrogen and oxygen atoms in total. The quantitative estimate of drug-likeness (QED) is 0.251. The summed E-state index contributed by atoms with van der Waals surface area (Å²) in [5.74, 6) is -1.90. The molecule has 2 heterocycles. The highest BCUT2D eigenvalue weighted by atomic mass is 19.1. The molecule has 1 amide bonds. The van der Waals surface area contributed by atoms with E-state index in [1.54, 1.807) is 6.92 Å². The number of amides is 1. The second kappa shape index (κ2) is 12.2. The Balaban J connectivity index is 1.74. The summed E-state index contributed by atoms with van der Waals surface area (Å²) in [5.41, 5.74) is 0.697. The number of ether oxygens (including phenoxy) is 3. The van der Waals surface area contributed by atoms with Gasteiger partial charge in [-0.3, -0.25) is 4.79 Å². The van der Waals surface area contributed by atoms with Gasteiger partial charge in [0.2, 0.25) is 11.9 Å². The smallest absolute Gasteiger partial charge is 0.243 e. The third kappa shape index (κ3) is 6.33. The van der Waals surface area contributed by atoms with Crippen molar-refractivity contribution in [1.29, 1.82) is 0 Å². The molecule has 2 fully saturated rings. The molecular weight excluding hydrogens is 510 g/mol. The number of hydrogen-bond acceptors (Lipinski definition) is 7. The molecule has 12 heteroatoms. The lowest BCUT2D eigenvalue weighted by Crippen LogP contribution is -2.56. The fourth-order valence-corrected chi connectivity index (χ4v) is 4.25. The lowest BCUT2D eigenvalue weighted by molar-refractivity contribution is -0.118. The minimum atomic E-state index is -0.892. The zero-order chi connectivity index (χ0) is 28.1. The maximum atomic E-state index is 15.3. The Bertz CT molecular complexity index is 1270. The van der Waals surface area contributed by atoms with Crippen molar-refractivity contribution in [3.8, 4) is 22.8 Å². The Morgan fingerprint density at radius 2 is 1.82 bits per heavy atom. The van der Waals surface area contributed by atoms with E-state index in [0.29, 0.717) is 36.7 Å². The van der Waals surface area contributed by atoms with Crippen LogP contribution in [0.3, 0.4) is 0 Å². The van der Waals surface area contributed by atoms with Crippen molar-refractivity contribution in [1.82, 2.24) is 15.6 Å². The maximum absolute atomic E-state index is 15.3. The average Bonchev–Trinajstić information content (AvgIpc) is 3.75. The highest BCUT2D eigenvalue weighted by Crippen LogP contribution is 2.40. The van der Waals surface area contributed by atoms with E-state index in [2.05, 4.69) is 44.2 Å². The van der Waals surface area contributed by atoms with Crippen molar-refractivity contribution < 1.29 is 27.8 Å². The van der Waals surface area contributed by atoms with E-state index in [1.807, 2.05) is 0 Å². The zero-order valence-corrected chi connectivity index (χ0v) is 22.1. The number of aryl methyl sites for hydroxylation is 1. The van der Waals surface area contributed by atoms with Gasteiger partial charge in [0.15, 0.2) is 29.0 Å². The number of rotatable bonds is 9. The topological polar surface area (TPSA) is 118 Å². The van der Waals surface area contributed by atoms with E-state index < -0.39 is 11.6 Å². The van der Waals surface area contributed by atoms with Crippen molar-refractivity contribution >= 4 is 30.1 Å². The molecule has 0 unspecified atom stereocenters. The minimum Gasteiger partial charge on any atom is -0.494 e. The third-order valence-electron chi connectivity index (χ3n) is 6.48. The first-order valence-corrected chi connectivity index (χ1v) is 12.5. The van der Waals surface area contributed by atoms with E-state index in [1.165, 1.54) is 26.4 Å². The summed E-state index contributed by atoms with van der Waals surface area (Å²) in [6.07, 6.45) is 3.66. The molecule has 0 radical (unpaired) electrons. The Kier molecular flexibility index (Phi) is 8.75. The second-order valence-electron chi connectivity index (χ2n) is 9.25. The molecule has 2 aliphatic rings. The number of carbonyl (C=O) groups excluding carboxylic acids is 1. The second-order valence-corrected chi connectivity index (χ2v) is 9.25. The Hall–Kier alpha value is -4.06. The van der Waals surface area contributed by atoms with E-state index in [0.717, 1.165) is 18.9 Å². The first-order chi connectivity index (χ1) is 18.8. The summed E-state index contributed by atoms with van der Waals surface area (Å²) in [6.45, 7) is 9.70. The van der Waals surface area contributed by atoms with Crippen molar-refractivity contribution in [3.63, 3.8) is 0 Å². The molecule has 1 aliphatic heterocycles. The summed E-state index contributed by atoms with van der Waals surface area (Å²) < 4.78 is 46.3. The summed E-state index contributed by atoms with van der Waals surface area (Å²) in [6, 6.07) is 2.28. The molecule has 0 bridgehead atoms. The van der Waals surface area contributed by atoms with Crippen LogP contribution in [0.25, 0.3) is 11.3 Å². The fraction of sp³-hybridized carbons (Fsp3) is 0.407. The number of benzene rings is 1. The molecule has 1 saturated carbocycles. The van der Waals surface area contributed by atoms with Gasteiger partial charge in [-0.25, -0.2) is 23.7 Å². The maximum Gasteiger partial charge on any atom is 0.243 e. The van der Waals surface area contributed by atoms with E-state index in [9.17, 15) is 4.79 Å². The van der Waals surface area contributed by atoms with Gasteiger partial charge in [-0.1, -0.05) is 6.58 Å². The van der Waals surface area contributed by atoms with Gasteiger partial charge < -0.3 is 30.2 Å². The van der Waals surface area contributed by atoms with Crippen LogP contribution in [-0.2, 0) is 9.53 Å². The number of guanidine groups is 1. The Morgan fingerprint density at radius 3 is 2.41 bits per heavy atom. The molecule has 208 valence electrons. The van der Waals surface area contributed by atoms with Crippen molar-refractivity contribution in [2.75, 3.05) is 32.8 Å². The largest absolute Gasteiger partial charge is 0.494 e. The molecule has 1 saturated heterocycles. The van der Waals surface area contributed by atoms with Gasteiger partial charge in [0, 0.05) is 18.7 Å². The SMILES string of the molecule is C=CC(=O)N[C@H]1CCOC[C@H]1N/C(N=C)=N/c1c(C)cc(-c2c(F)c(OC)cc(OC)c2F)nc1NC1CC1. The number of halogens is 2.